The van der Waals surface area contributed by atoms with Gasteiger partial charge in [0.15, 0.2) is 0 Å². The second-order valence-corrected chi connectivity index (χ2v) is 4.17. The molecule has 0 saturated heterocycles. The predicted molar refractivity (Wildman–Crippen MR) is 59.9 cm³/mol. The summed E-state index contributed by atoms with van der Waals surface area (Å²) in [6.45, 7) is 2.80. The summed E-state index contributed by atoms with van der Waals surface area (Å²) in [4.78, 5) is 0. The number of hydrogen-bond acceptors (Lipinski definition) is 2. The quantitative estimate of drug-likeness (QED) is 0.802. The molecule has 0 spiro atoms. The van der Waals surface area contributed by atoms with E-state index in [4.69, 9.17) is 4.74 Å². The van der Waals surface area contributed by atoms with Crippen molar-refractivity contribution >= 4 is 0 Å². The molecule has 1 atom stereocenters. The van der Waals surface area contributed by atoms with Crippen molar-refractivity contribution in [2.24, 2.45) is 5.92 Å². The number of aliphatic hydroxyl groups excluding tert-OH is 1. The van der Waals surface area contributed by atoms with Crippen molar-refractivity contribution in [3.63, 3.8) is 0 Å². The number of para-hydroxylation sites is 1. The van der Waals surface area contributed by atoms with Gasteiger partial charge in [0.1, 0.15) is 5.75 Å². The summed E-state index contributed by atoms with van der Waals surface area (Å²) in [7, 11) is 0. The largest absolute Gasteiger partial charge is 0.493 e. The van der Waals surface area contributed by atoms with E-state index in [2.05, 4.69) is 6.92 Å². The van der Waals surface area contributed by atoms with E-state index in [1.54, 1.807) is 0 Å². The van der Waals surface area contributed by atoms with Gasteiger partial charge < -0.3 is 9.84 Å². The van der Waals surface area contributed by atoms with Crippen molar-refractivity contribution in [3.05, 3.63) is 29.8 Å². The van der Waals surface area contributed by atoms with E-state index in [0.29, 0.717) is 12.5 Å². The maximum atomic E-state index is 10.1. The molecule has 2 rings (SSSR count). The van der Waals surface area contributed by atoms with E-state index >= 15 is 0 Å². The Morgan fingerprint density at radius 1 is 1.40 bits per heavy atom. The zero-order valence-electron chi connectivity index (χ0n) is 9.15. The van der Waals surface area contributed by atoms with Crippen LogP contribution in [-0.4, -0.2) is 11.7 Å². The number of benzene rings is 1. The Labute approximate surface area is 90.9 Å². The molecule has 0 aliphatic heterocycles. The Balaban J connectivity index is 2.12. The average Bonchev–Trinajstić information content (AvgIpc) is 3.09. The summed E-state index contributed by atoms with van der Waals surface area (Å²) in [5.41, 5.74) is 0.952. The highest BCUT2D eigenvalue weighted by atomic mass is 16.5. The van der Waals surface area contributed by atoms with Gasteiger partial charge in [-0.1, -0.05) is 25.1 Å². The molecule has 2 heteroatoms. The number of ether oxygens (including phenoxy) is 1. The molecule has 0 heterocycles. The van der Waals surface area contributed by atoms with Crippen molar-refractivity contribution < 1.29 is 9.84 Å². The van der Waals surface area contributed by atoms with Gasteiger partial charge in [-0.2, -0.15) is 0 Å². The molecule has 15 heavy (non-hydrogen) atoms. The first-order chi connectivity index (χ1) is 7.33. The Bertz CT molecular complexity index is 318. The first kappa shape index (κ1) is 10.5. The van der Waals surface area contributed by atoms with Gasteiger partial charge in [-0.05, 0) is 31.2 Å². The van der Waals surface area contributed by atoms with Crippen LogP contribution in [0.25, 0.3) is 0 Å². The average molecular weight is 206 g/mol. The van der Waals surface area contributed by atoms with E-state index in [9.17, 15) is 5.11 Å². The number of aliphatic hydroxyl groups is 1. The van der Waals surface area contributed by atoms with Crippen LogP contribution in [0.1, 0.15) is 37.9 Å². The van der Waals surface area contributed by atoms with Gasteiger partial charge in [0.25, 0.3) is 0 Å². The standard InChI is InChI=1S/C13H18O2/c1-2-9-15-12-6-4-3-5-11(12)13(14)10-7-8-10/h3-6,10,13-14H,2,7-9H2,1H3. The summed E-state index contributed by atoms with van der Waals surface area (Å²) in [6.07, 6.45) is 2.94. The van der Waals surface area contributed by atoms with Crippen LogP contribution in [0.4, 0.5) is 0 Å². The highest BCUT2D eigenvalue weighted by Crippen LogP contribution is 2.43. The van der Waals surface area contributed by atoms with Crippen LogP contribution < -0.4 is 4.74 Å². The molecule has 0 aromatic heterocycles. The van der Waals surface area contributed by atoms with Crippen LogP contribution in [0, 0.1) is 5.92 Å². The molecular weight excluding hydrogens is 188 g/mol. The van der Waals surface area contributed by atoms with Crippen LogP contribution in [0.3, 0.4) is 0 Å². The van der Waals surface area contributed by atoms with Gasteiger partial charge in [0, 0.05) is 5.56 Å². The van der Waals surface area contributed by atoms with Crippen molar-refractivity contribution in [2.45, 2.75) is 32.3 Å². The molecule has 0 amide bonds. The molecule has 2 nitrogen and oxygen atoms in total. The lowest BCUT2D eigenvalue weighted by molar-refractivity contribution is 0.148. The van der Waals surface area contributed by atoms with E-state index in [-0.39, 0.29) is 6.10 Å². The molecule has 1 aromatic rings. The summed E-state index contributed by atoms with van der Waals surface area (Å²) in [6, 6.07) is 7.82. The molecule has 0 radical (unpaired) electrons. The van der Waals surface area contributed by atoms with Crippen molar-refractivity contribution in [2.75, 3.05) is 6.61 Å². The normalized spacial score (nSPS) is 17.5. The minimum Gasteiger partial charge on any atom is -0.493 e. The predicted octanol–water partition coefficient (Wildman–Crippen LogP) is 2.92. The lowest BCUT2D eigenvalue weighted by Crippen LogP contribution is -2.04. The highest BCUT2D eigenvalue weighted by Gasteiger charge is 2.32. The van der Waals surface area contributed by atoms with Crippen molar-refractivity contribution in [1.82, 2.24) is 0 Å². The van der Waals surface area contributed by atoms with Crippen LogP contribution in [0.2, 0.25) is 0 Å². The Kier molecular flexibility index (Phi) is 3.27. The smallest absolute Gasteiger partial charge is 0.125 e. The molecule has 1 saturated carbocycles. The maximum absolute atomic E-state index is 10.1. The van der Waals surface area contributed by atoms with Crippen molar-refractivity contribution in [3.8, 4) is 5.75 Å². The lowest BCUT2D eigenvalue weighted by atomic mass is 10.0. The fourth-order valence-electron chi connectivity index (χ4n) is 1.73. The van der Waals surface area contributed by atoms with Gasteiger partial charge in [0.2, 0.25) is 0 Å². The third-order valence-corrected chi connectivity index (χ3v) is 2.77. The molecule has 1 N–H and O–H groups in total. The SMILES string of the molecule is CCCOc1ccccc1C(O)C1CC1. The summed E-state index contributed by atoms with van der Waals surface area (Å²) in [5.74, 6) is 1.30. The number of hydrogen-bond donors (Lipinski definition) is 1. The molecule has 1 unspecified atom stereocenters. The van der Waals surface area contributed by atoms with Crippen LogP contribution in [0.5, 0.6) is 5.75 Å². The van der Waals surface area contributed by atoms with E-state index in [1.807, 2.05) is 24.3 Å². The second kappa shape index (κ2) is 4.67. The van der Waals surface area contributed by atoms with E-state index in [0.717, 1.165) is 30.6 Å². The Morgan fingerprint density at radius 3 is 2.80 bits per heavy atom. The second-order valence-electron chi connectivity index (χ2n) is 4.17. The topological polar surface area (TPSA) is 29.5 Å². The molecule has 1 aliphatic rings. The summed E-state index contributed by atoms with van der Waals surface area (Å²) in [5, 5.41) is 10.1. The van der Waals surface area contributed by atoms with Crippen molar-refractivity contribution in [1.29, 1.82) is 0 Å². The third kappa shape index (κ3) is 2.51. The molecule has 1 fully saturated rings. The summed E-state index contributed by atoms with van der Waals surface area (Å²) >= 11 is 0. The Hall–Kier alpha value is -1.02. The van der Waals surface area contributed by atoms with Gasteiger partial charge in [-0.25, -0.2) is 0 Å². The highest BCUT2D eigenvalue weighted by molar-refractivity contribution is 5.35. The molecule has 1 aromatic carbocycles. The van der Waals surface area contributed by atoms with Gasteiger partial charge in [-0.15, -0.1) is 0 Å². The van der Waals surface area contributed by atoms with Crippen LogP contribution >= 0.6 is 0 Å². The fourth-order valence-corrected chi connectivity index (χ4v) is 1.73. The maximum Gasteiger partial charge on any atom is 0.125 e. The fraction of sp³-hybridized carbons (Fsp3) is 0.538. The van der Waals surface area contributed by atoms with E-state index in [1.165, 1.54) is 0 Å². The van der Waals surface area contributed by atoms with Gasteiger partial charge in [0.05, 0.1) is 12.7 Å². The zero-order valence-corrected chi connectivity index (χ0v) is 9.15. The minimum atomic E-state index is -0.335. The molecule has 82 valence electrons. The first-order valence-electron chi connectivity index (χ1n) is 5.72. The third-order valence-electron chi connectivity index (χ3n) is 2.77. The number of rotatable bonds is 5. The molecule has 1 aliphatic carbocycles. The summed E-state index contributed by atoms with van der Waals surface area (Å²) < 4.78 is 5.63. The van der Waals surface area contributed by atoms with Crippen LogP contribution in [-0.2, 0) is 0 Å². The molecule has 0 bridgehead atoms. The van der Waals surface area contributed by atoms with E-state index < -0.39 is 0 Å². The molecular formula is C13H18O2. The van der Waals surface area contributed by atoms with Crippen LogP contribution in [0.15, 0.2) is 24.3 Å². The van der Waals surface area contributed by atoms with Gasteiger partial charge in [-0.3, -0.25) is 0 Å². The monoisotopic (exact) mass is 206 g/mol. The first-order valence-corrected chi connectivity index (χ1v) is 5.72. The lowest BCUT2D eigenvalue weighted by Gasteiger charge is -2.15. The van der Waals surface area contributed by atoms with Gasteiger partial charge >= 0.3 is 0 Å². The minimum absolute atomic E-state index is 0.335. The Morgan fingerprint density at radius 2 is 2.13 bits per heavy atom. The zero-order chi connectivity index (χ0) is 10.7.